The molecule has 17 heavy (non-hydrogen) atoms. The molecule has 2 aromatic heterocycles. The normalized spacial score (nSPS) is 20.6. The predicted octanol–water partition coefficient (Wildman–Crippen LogP) is 1.10. The van der Waals surface area contributed by atoms with E-state index >= 15 is 0 Å². The van der Waals surface area contributed by atoms with E-state index in [1.165, 1.54) is 6.42 Å². The number of anilines is 1. The predicted molar refractivity (Wildman–Crippen MR) is 68.2 cm³/mol. The van der Waals surface area contributed by atoms with Gasteiger partial charge in [-0.1, -0.05) is 0 Å². The molecular formula is C12H17N5. The van der Waals surface area contributed by atoms with Crippen LogP contribution < -0.4 is 4.90 Å². The third-order valence-corrected chi connectivity index (χ3v) is 3.53. The monoisotopic (exact) mass is 231 g/mol. The molecule has 0 spiro atoms. The summed E-state index contributed by atoms with van der Waals surface area (Å²) >= 11 is 0. The molecule has 1 fully saturated rings. The Morgan fingerprint density at radius 1 is 1.41 bits per heavy atom. The first-order chi connectivity index (χ1) is 8.25. The quantitative estimate of drug-likeness (QED) is 0.840. The van der Waals surface area contributed by atoms with Crippen LogP contribution >= 0.6 is 0 Å². The van der Waals surface area contributed by atoms with E-state index in [0.29, 0.717) is 6.04 Å². The second kappa shape index (κ2) is 4.00. The summed E-state index contributed by atoms with van der Waals surface area (Å²) in [5, 5.41) is 1.12. The summed E-state index contributed by atoms with van der Waals surface area (Å²) in [6.07, 6.45) is 4.75. The van der Waals surface area contributed by atoms with Gasteiger partial charge in [0.25, 0.3) is 0 Å². The van der Waals surface area contributed by atoms with Gasteiger partial charge < -0.3 is 14.8 Å². The Kier molecular flexibility index (Phi) is 2.48. The summed E-state index contributed by atoms with van der Waals surface area (Å²) < 4.78 is 0. The van der Waals surface area contributed by atoms with Gasteiger partial charge >= 0.3 is 0 Å². The van der Waals surface area contributed by atoms with E-state index in [9.17, 15) is 0 Å². The number of rotatable bonds is 2. The average molecular weight is 231 g/mol. The van der Waals surface area contributed by atoms with Crippen LogP contribution in [0.25, 0.3) is 11.0 Å². The fourth-order valence-corrected chi connectivity index (χ4v) is 2.47. The van der Waals surface area contributed by atoms with Crippen LogP contribution in [0.5, 0.6) is 0 Å². The molecule has 1 atom stereocenters. The molecule has 0 amide bonds. The zero-order valence-electron chi connectivity index (χ0n) is 10.2. The maximum Gasteiger partial charge on any atom is 0.142 e. The van der Waals surface area contributed by atoms with Gasteiger partial charge in [-0.2, -0.15) is 0 Å². The third kappa shape index (κ3) is 1.76. The van der Waals surface area contributed by atoms with Gasteiger partial charge in [0.15, 0.2) is 0 Å². The number of aromatic nitrogens is 3. The number of likely N-dealkylation sites (N-methyl/N-ethyl adjacent to an activating group) is 1. The SMILES string of the molecule is CN(C)C1CCN(c2ncnc3[nH]ccc23)C1. The Morgan fingerprint density at radius 2 is 2.29 bits per heavy atom. The molecule has 1 N–H and O–H groups in total. The van der Waals surface area contributed by atoms with Gasteiger partial charge in [0.1, 0.15) is 17.8 Å². The minimum Gasteiger partial charge on any atom is -0.354 e. The third-order valence-electron chi connectivity index (χ3n) is 3.53. The van der Waals surface area contributed by atoms with Crippen molar-refractivity contribution in [3.8, 4) is 0 Å². The smallest absolute Gasteiger partial charge is 0.142 e. The first kappa shape index (κ1) is 10.5. The van der Waals surface area contributed by atoms with Crippen LogP contribution in [0.2, 0.25) is 0 Å². The fourth-order valence-electron chi connectivity index (χ4n) is 2.47. The molecule has 0 radical (unpaired) electrons. The van der Waals surface area contributed by atoms with Crippen molar-refractivity contribution >= 4 is 16.9 Å². The molecule has 3 rings (SSSR count). The Labute approximate surface area is 100 Å². The summed E-state index contributed by atoms with van der Waals surface area (Å²) in [5.74, 6) is 1.06. The standard InChI is InChI=1S/C12H17N5/c1-16(2)9-4-6-17(7-9)12-10-3-5-13-11(10)14-8-15-12/h3,5,8-9H,4,6-7H2,1-2H3,(H,13,14,15). The van der Waals surface area contributed by atoms with Crippen LogP contribution in [0.3, 0.4) is 0 Å². The zero-order valence-corrected chi connectivity index (χ0v) is 10.2. The van der Waals surface area contributed by atoms with Crippen LogP contribution in [0, 0.1) is 0 Å². The molecule has 0 aromatic carbocycles. The van der Waals surface area contributed by atoms with Gasteiger partial charge in [-0.15, -0.1) is 0 Å². The zero-order chi connectivity index (χ0) is 11.8. The average Bonchev–Trinajstić information content (AvgIpc) is 2.97. The van der Waals surface area contributed by atoms with Gasteiger partial charge in [0.05, 0.1) is 5.39 Å². The van der Waals surface area contributed by atoms with E-state index in [0.717, 1.165) is 29.9 Å². The molecular weight excluding hydrogens is 214 g/mol. The van der Waals surface area contributed by atoms with E-state index in [-0.39, 0.29) is 0 Å². The lowest BCUT2D eigenvalue weighted by Gasteiger charge is -2.21. The summed E-state index contributed by atoms with van der Waals surface area (Å²) in [7, 11) is 4.28. The highest BCUT2D eigenvalue weighted by Gasteiger charge is 2.26. The number of hydrogen-bond donors (Lipinski definition) is 1. The van der Waals surface area contributed by atoms with Gasteiger partial charge in [-0.25, -0.2) is 9.97 Å². The van der Waals surface area contributed by atoms with Crippen molar-refractivity contribution in [2.75, 3.05) is 32.1 Å². The molecule has 5 nitrogen and oxygen atoms in total. The number of nitrogens with one attached hydrogen (secondary N) is 1. The maximum absolute atomic E-state index is 4.43. The fraction of sp³-hybridized carbons (Fsp3) is 0.500. The molecule has 0 bridgehead atoms. The molecule has 1 unspecified atom stereocenters. The van der Waals surface area contributed by atoms with Gasteiger partial charge in [-0.3, -0.25) is 0 Å². The Hall–Kier alpha value is -1.62. The molecule has 3 heterocycles. The summed E-state index contributed by atoms with van der Waals surface area (Å²) in [5.41, 5.74) is 0.920. The Morgan fingerprint density at radius 3 is 3.06 bits per heavy atom. The van der Waals surface area contributed by atoms with Crippen molar-refractivity contribution in [2.45, 2.75) is 12.5 Å². The first-order valence-electron chi connectivity index (χ1n) is 5.95. The Balaban J connectivity index is 1.92. The van der Waals surface area contributed by atoms with Gasteiger partial charge in [-0.05, 0) is 26.6 Å². The van der Waals surface area contributed by atoms with Gasteiger partial charge in [0, 0.05) is 25.3 Å². The van der Waals surface area contributed by atoms with Crippen molar-refractivity contribution in [3.63, 3.8) is 0 Å². The van der Waals surface area contributed by atoms with Crippen molar-refractivity contribution in [3.05, 3.63) is 18.6 Å². The van der Waals surface area contributed by atoms with Gasteiger partial charge in [0.2, 0.25) is 0 Å². The molecule has 90 valence electrons. The first-order valence-corrected chi connectivity index (χ1v) is 5.95. The highest BCUT2D eigenvalue weighted by atomic mass is 15.3. The largest absolute Gasteiger partial charge is 0.354 e. The summed E-state index contributed by atoms with van der Waals surface area (Å²) in [6.45, 7) is 2.12. The highest BCUT2D eigenvalue weighted by Crippen LogP contribution is 2.26. The lowest BCUT2D eigenvalue weighted by Crippen LogP contribution is -2.31. The van der Waals surface area contributed by atoms with Crippen molar-refractivity contribution in [1.82, 2.24) is 19.9 Å². The number of H-pyrrole nitrogens is 1. The lowest BCUT2D eigenvalue weighted by atomic mass is 10.2. The van der Waals surface area contributed by atoms with E-state index in [4.69, 9.17) is 0 Å². The Bertz CT molecular complexity index is 518. The number of aromatic amines is 1. The topological polar surface area (TPSA) is 48.1 Å². The van der Waals surface area contributed by atoms with Crippen molar-refractivity contribution < 1.29 is 0 Å². The minimum atomic E-state index is 0.624. The van der Waals surface area contributed by atoms with Crippen LogP contribution in [-0.4, -0.2) is 53.1 Å². The second-order valence-electron chi connectivity index (χ2n) is 4.79. The van der Waals surface area contributed by atoms with E-state index in [1.54, 1.807) is 6.33 Å². The molecule has 1 saturated heterocycles. The van der Waals surface area contributed by atoms with E-state index in [1.807, 2.05) is 12.3 Å². The van der Waals surface area contributed by atoms with E-state index in [2.05, 4.69) is 38.8 Å². The molecule has 1 aliphatic heterocycles. The number of nitrogens with zero attached hydrogens (tertiary/aromatic N) is 4. The molecule has 2 aromatic rings. The van der Waals surface area contributed by atoms with Crippen LogP contribution in [0.15, 0.2) is 18.6 Å². The summed E-state index contributed by atoms with van der Waals surface area (Å²) in [6, 6.07) is 2.67. The number of hydrogen-bond acceptors (Lipinski definition) is 4. The molecule has 1 aliphatic rings. The molecule has 0 aliphatic carbocycles. The van der Waals surface area contributed by atoms with Crippen LogP contribution in [0.1, 0.15) is 6.42 Å². The minimum absolute atomic E-state index is 0.624. The molecule has 0 saturated carbocycles. The maximum atomic E-state index is 4.43. The van der Waals surface area contributed by atoms with Crippen molar-refractivity contribution in [1.29, 1.82) is 0 Å². The number of fused-ring (bicyclic) bond motifs is 1. The second-order valence-corrected chi connectivity index (χ2v) is 4.79. The summed E-state index contributed by atoms with van der Waals surface area (Å²) in [4.78, 5) is 16.4. The van der Waals surface area contributed by atoms with Crippen LogP contribution in [-0.2, 0) is 0 Å². The van der Waals surface area contributed by atoms with E-state index < -0.39 is 0 Å². The van der Waals surface area contributed by atoms with Crippen LogP contribution in [0.4, 0.5) is 5.82 Å². The lowest BCUT2D eigenvalue weighted by molar-refractivity contribution is 0.315. The molecule has 5 heteroatoms. The highest BCUT2D eigenvalue weighted by molar-refractivity contribution is 5.87. The van der Waals surface area contributed by atoms with Crippen molar-refractivity contribution in [2.24, 2.45) is 0 Å².